The molecule has 0 unspecified atom stereocenters. The summed E-state index contributed by atoms with van der Waals surface area (Å²) in [7, 11) is 1.57. The van der Waals surface area contributed by atoms with Crippen molar-refractivity contribution in [2.45, 2.75) is 13.0 Å². The van der Waals surface area contributed by atoms with Crippen molar-refractivity contribution in [1.82, 2.24) is 5.32 Å². The molecule has 1 N–H and O–H groups in total. The van der Waals surface area contributed by atoms with Crippen molar-refractivity contribution in [2.75, 3.05) is 23.5 Å². The highest BCUT2D eigenvalue weighted by Gasteiger charge is 2.34. The summed E-state index contributed by atoms with van der Waals surface area (Å²) >= 11 is 11.6. The minimum atomic E-state index is -0.509. The normalized spacial score (nSPS) is 16.5. The molecule has 0 aromatic heterocycles. The molecule has 0 aliphatic carbocycles. The number of amides is 2. The summed E-state index contributed by atoms with van der Waals surface area (Å²) in [6.45, 7) is 1.60. The van der Waals surface area contributed by atoms with Crippen LogP contribution >= 0.6 is 23.8 Å². The maximum absolute atomic E-state index is 13.3. The lowest BCUT2D eigenvalue weighted by Gasteiger charge is -2.29. The number of nitrogens with zero attached hydrogens (tertiary/aromatic N) is 2. The number of carbonyl (C=O) groups is 2. The number of rotatable bonds is 5. The van der Waals surface area contributed by atoms with Gasteiger partial charge in [0.05, 0.1) is 12.8 Å². The monoisotopic (exact) mass is 503 g/mol. The molecule has 0 saturated carbocycles. The van der Waals surface area contributed by atoms with Gasteiger partial charge >= 0.3 is 0 Å². The van der Waals surface area contributed by atoms with E-state index in [0.29, 0.717) is 11.4 Å². The van der Waals surface area contributed by atoms with Crippen LogP contribution in [-0.4, -0.2) is 30.6 Å². The Morgan fingerprint density at radius 2 is 1.86 bits per heavy atom. The van der Waals surface area contributed by atoms with Crippen LogP contribution in [0.15, 0.2) is 72.3 Å². The molecule has 3 aromatic rings. The Morgan fingerprint density at radius 3 is 2.60 bits per heavy atom. The summed E-state index contributed by atoms with van der Waals surface area (Å²) in [5.74, 6) is -0.319. The quantitative estimate of drug-likeness (QED) is 0.309. The van der Waals surface area contributed by atoms with Gasteiger partial charge in [0.2, 0.25) is 0 Å². The summed E-state index contributed by atoms with van der Waals surface area (Å²) in [5, 5.41) is 3.43. The van der Waals surface area contributed by atoms with Crippen molar-refractivity contribution in [2.24, 2.45) is 0 Å². The topological polar surface area (TPSA) is 61.9 Å². The smallest absolute Gasteiger partial charge is 0.270 e. The number of hydrogen-bond donors (Lipinski definition) is 1. The molecular formula is C27H22ClN3O3S. The van der Waals surface area contributed by atoms with Gasteiger partial charge in [-0.3, -0.25) is 19.8 Å². The fraction of sp³-hybridized carbons (Fsp3) is 0.148. The largest absolute Gasteiger partial charge is 0.497 e. The number of carbonyl (C=O) groups excluding carboxylic acids is 2. The van der Waals surface area contributed by atoms with Crippen molar-refractivity contribution in [3.63, 3.8) is 0 Å². The van der Waals surface area contributed by atoms with Crippen molar-refractivity contribution in [1.29, 1.82) is 0 Å². The number of anilines is 2. The highest BCUT2D eigenvalue weighted by Crippen LogP contribution is 2.32. The first-order valence-corrected chi connectivity index (χ1v) is 11.9. The van der Waals surface area contributed by atoms with E-state index in [2.05, 4.69) is 10.2 Å². The zero-order chi connectivity index (χ0) is 24.5. The Balaban J connectivity index is 1.40. The number of benzene rings is 3. The van der Waals surface area contributed by atoms with Crippen LogP contribution in [0, 0.1) is 0 Å². The van der Waals surface area contributed by atoms with E-state index in [1.165, 1.54) is 4.90 Å². The maximum atomic E-state index is 13.3. The van der Waals surface area contributed by atoms with Gasteiger partial charge < -0.3 is 9.64 Å². The van der Waals surface area contributed by atoms with E-state index >= 15 is 0 Å². The molecule has 176 valence electrons. The molecule has 3 aromatic carbocycles. The lowest BCUT2D eigenvalue weighted by atomic mass is 10.0. The number of fused-ring (bicyclic) bond motifs is 1. The predicted octanol–water partition coefficient (Wildman–Crippen LogP) is 4.74. The number of nitrogens with one attached hydrogen (secondary N) is 1. The van der Waals surface area contributed by atoms with Crippen LogP contribution in [0.25, 0.3) is 6.08 Å². The maximum Gasteiger partial charge on any atom is 0.270 e. The molecule has 1 saturated heterocycles. The van der Waals surface area contributed by atoms with E-state index in [4.69, 9.17) is 28.6 Å². The first-order chi connectivity index (χ1) is 16.9. The lowest BCUT2D eigenvalue weighted by molar-refractivity contribution is -0.122. The molecule has 0 bridgehead atoms. The molecule has 2 heterocycles. The van der Waals surface area contributed by atoms with Gasteiger partial charge in [0.1, 0.15) is 11.3 Å². The molecule has 2 amide bonds. The standard InChI is InChI=1S/C27H22ClN3O3S/c1-34-21-9-7-20(8-10-21)31-26(33)22(25(32)29-27(31)35)15-17-6-11-24-18(14-17)12-13-30(24)16-19-4-2-3-5-23(19)28/h2-11,14-15H,12-13,16H2,1H3,(H,29,32,35)/b22-15+. The molecule has 8 heteroatoms. The van der Waals surface area contributed by atoms with E-state index in [-0.39, 0.29) is 10.7 Å². The average Bonchev–Trinajstić information content (AvgIpc) is 3.25. The van der Waals surface area contributed by atoms with E-state index in [0.717, 1.165) is 46.9 Å². The molecule has 2 aliphatic rings. The van der Waals surface area contributed by atoms with Crippen LogP contribution in [0.2, 0.25) is 5.02 Å². The fourth-order valence-corrected chi connectivity index (χ4v) is 4.84. The van der Waals surface area contributed by atoms with Crippen molar-refractivity contribution in [3.05, 3.63) is 94.0 Å². The summed E-state index contributed by atoms with van der Waals surface area (Å²) in [6, 6.07) is 20.7. The van der Waals surface area contributed by atoms with Crippen molar-refractivity contribution < 1.29 is 14.3 Å². The van der Waals surface area contributed by atoms with E-state index in [1.54, 1.807) is 37.5 Å². The Hall–Kier alpha value is -3.68. The first kappa shape index (κ1) is 23.1. The molecule has 2 aliphatic heterocycles. The highest BCUT2D eigenvalue weighted by molar-refractivity contribution is 7.80. The Labute approximate surface area is 213 Å². The molecule has 5 rings (SSSR count). The van der Waals surface area contributed by atoms with Gasteiger partial charge in [0.15, 0.2) is 5.11 Å². The Bertz CT molecular complexity index is 1370. The number of thiocarbonyl (C=S) groups is 1. The molecule has 0 radical (unpaired) electrons. The van der Waals surface area contributed by atoms with Crippen LogP contribution in [0.4, 0.5) is 11.4 Å². The minimum Gasteiger partial charge on any atom is -0.497 e. The van der Waals surface area contributed by atoms with Gasteiger partial charge in [-0.15, -0.1) is 0 Å². The summed E-state index contributed by atoms with van der Waals surface area (Å²) < 4.78 is 5.18. The van der Waals surface area contributed by atoms with E-state index in [1.807, 2.05) is 42.5 Å². The lowest BCUT2D eigenvalue weighted by Crippen LogP contribution is -2.54. The molecule has 6 nitrogen and oxygen atoms in total. The van der Waals surface area contributed by atoms with Crippen LogP contribution in [0.5, 0.6) is 5.75 Å². The molecule has 0 spiro atoms. The van der Waals surface area contributed by atoms with Gasteiger partial charge in [0.25, 0.3) is 11.8 Å². The van der Waals surface area contributed by atoms with Gasteiger partial charge in [-0.05, 0) is 83.9 Å². The number of ether oxygens (including phenoxy) is 1. The molecule has 35 heavy (non-hydrogen) atoms. The third-order valence-corrected chi connectivity index (χ3v) is 6.81. The van der Waals surface area contributed by atoms with Gasteiger partial charge in [0, 0.05) is 23.8 Å². The molecular weight excluding hydrogens is 482 g/mol. The second kappa shape index (κ2) is 9.52. The third kappa shape index (κ3) is 4.52. The van der Waals surface area contributed by atoms with Crippen molar-refractivity contribution in [3.8, 4) is 5.75 Å². The number of methoxy groups -OCH3 is 1. The fourth-order valence-electron chi connectivity index (χ4n) is 4.37. The second-order valence-electron chi connectivity index (χ2n) is 8.31. The third-order valence-electron chi connectivity index (χ3n) is 6.16. The van der Waals surface area contributed by atoms with Gasteiger partial charge in [-0.2, -0.15) is 0 Å². The van der Waals surface area contributed by atoms with Crippen molar-refractivity contribution >= 4 is 58.2 Å². The number of hydrogen-bond acceptors (Lipinski definition) is 5. The zero-order valence-electron chi connectivity index (χ0n) is 19.0. The summed E-state index contributed by atoms with van der Waals surface area (Å²) in [4.78, 5) is 29.6. The Kier molecular flexibility index (Phi) is 6.28. The predicted molar refractivity (Wildman–Crippen MR) is 142 cm³/mol. The first-order valence-electron chi connectivity index (χ1n) is 11.1. The number of halogens is 1. The van der Waals surface area contributed by atoms with Crippen LogP contribution in [0.1, 0.15) is 16.7 Å². The van der Waals surface area contributed by atoms with E-state index in [9.17, 15) is 9.59 Å². The van der Waals surface area contributed by atoms with Crippen LogP contribution < -0.4 is 19.9 Å². The molecule has 0 atom stereocenters. The minimum absolute atomic E-state index is 0.0280. The van der Waals surface area contributed by atoms with Gasteiger partial charge in [-0.25, -0.2) is 0 Å². The zero-order valence-corrected chi connectivity index (χ0v) is 20.5. The van der Waals surface area contributed by atoms with Crippen LogP contribution in [0.3, 0.4) is 0 Å². The highest BCUT2D eigenvalue weighted by atomic mass is 35.5. The summed E-state index contributed by atoms with van der Waals surface area (Å²) in [5.41, 5.74) is 4.73. The molecule has 1 fully saturated rings. The van der Waals surface area contributed by atoms with E-state index < -0.39 is 11.8 Å². The van der Waals surface area contributed by atoms with Gasteiger partial charge in [-0.1, -0.05) is 35.9 Å². The second-order valence-corrected chi connectivity index (χ2v) is 9.10. The Morgan fingerprint density at radius 1 is 1.09 bits per heavy atom. The average molecular weight is 504 g/mol. The summed E-state index contributed by atoms with van der Waals surface area (Å²) in [6.07, 6.45) is 2.49. The van der Waals surface area contributed by atoms with Crippen LogP contribution in [-0.2, 0) is 22.6 Å². The SMILES string of the molecule is COc1ccc(N2C(=O)/C(=C/c3ccc4c(c3)CCN4Cc3ccccc3Cl)C(=O)NC2=S)cc1.